The van der Waals surface area contributed by atoms with Crippen LogP contribution in [-0.2, 0) is 9.53 Å². The lowest BCUT2D eigenvalue weighted by molar-refractivity contribution is -0.136. The molecule has 1 aromatic carbocycles. The zero-order chi connectivity index (χ0) is 12.0. The molecular weight excluding hydrogens is 202 g/mol. The van der Waals surface area contributed by atoms with Crippen molar-refractivity contribution >= 4 is 12.0 Å². The number of hydrogen-bond acceptors (Lipinski definition) is 3. The van der Waals surface area contributed by atoms with Crippen molar-refractivity contribution in [1.29, 1.82) is 5.26 Å². The number of methoxy groups -OCH3 is 1. The quantitative estimate of drug-likeness (QED) is 0.575. The third-order valence-corrected chi connectivity index (χ3v) is 2.21. The van der Waals surface area contributed by atoms with Crippen LogP contribution in [0.25, 0.3) is 6.08 Å². The molecule has 16 heavy (non-hydrogen) atoms. The van der Waals surface area contributed by atoms with Crippen LogP contribution in [0.4, 0.5) is 0 Å². The number of carbonyl (C=O) groups excluding carboxylic acids is 1. The molecule has 3 nitrogen and oxygen atoms in total. The number of esters is 1. The van der Waals surface area contributed by atoms with Gasteiger partial charge in [-0.3, -0.25) is 0 Å². The van der Waals surface area contributed by atoms with E-state index in [9.17, 15) is 4.79 Å². The SMILES string of the molecule is CC/C(=C\c1ccc(C#N)cc1)C(=O)OC. The van der Waals surface area contributed by atoms with Gasteiger partial charge in [-0.2, -0.15) is 5.26 Å². The molecule has 0 heterocycles. The molecule has 0 fully saturated rings. The van der Waals surface area contributed by atoms with Crippen LogP contribution < -0.4 is 0 Å². The summed E-state index contributed by atoms with van der Waals surface area (Å²) in [5.74, 6) is -0.313. The van der Waals surface area contributed by atoms with E-state index in [4.69, 9.17) is 5.26 Å². The van der Waals surface area contributed by atoms with Crippen molar-refractivity contribution in [3.8, 4) is 6.07 Å². The molecule has 0 atom stereocenters. The average molecular weight is 215 g/mol. The fraction of sp³-hybridized carbons (Fsp3) is 0.231. The van der Waals surface area contributed by atoms with Gasteiger partial charge >= 0.3 is 5.97 Å². The molecule has 0 saturated carbocycles. The van der Waals surface area contributed by atoms with Crippen LogP contribution >= 0.6 is 0 Å². The van der Waals surface area contributed by atoms with Gasteiger partial charge in [0.15, 0.2) is 0 Å². The molecule has 0 aliphatic rings. The van der Waals surface area contributed by atoms with Crippen molar-refractivity contribution in [3.05, 3.63) is 41.0 Å². The number of hydrogen-bond donors (Lipinski definition) is 0. The van der Waals surface area contributed by atoms with Gasteiger partial charge in [0, 0.05) is 5.57 Å². The molecule has 1 aromatic rings. The summed E-state index contributed by atoms with van der Waals surface area (Å²) in [6.07, 6.45) is 2.39. The Morgan fingerprint density at radius 2 is 2.06 bits per heavy atom. The topological polar surface area (TPSA) is 50.1 Å². The van der Waals surface area contributed by atoms with E-state index in [0.717, 1.165) is 5.56 Å². The van der Waals surface area contributed by atoms with Crippen molar-refractivity contribution in [2.24, 2.45) is 0 Å². The van der Waals surface area contributed by atoms with Gasteiger partial charge in [-0.15, -0.1) is 0 Å². The smallest absolute Gasteiger partial charge is 0.333 e. The zero-order valence-electron chi connectivity index (χ0n) is 9.36. The van der Waals surface area contributed by atoms with Crippen molar-refractivity contribution < 1.29 is 9.53 Å². The minimum Gasteiger partial charge on any atom is -0.466 e. The normalized spacial score (nSPS) is 10.7. The Morgan fingerprint density at radius 1 is 1.44 bits per heavy atom. The van der Waals surface area contributed by atoms with Crippen molar-refractivity contribution in [1.82, 2.24) is 0 Å². The minimum atomic E-state index is -0.313. The number of rotatable bonds is 3. The Balaban J connectivity index is 2.96. The first kappa shape index (κ1) is 12.0. The molecule has 0 aromatic heterocycles. The van der Waals surface area contributed by atoms with E-state index < -0.39 is 0 Å². The molecule has 0 bridgehead atoms. The monoisotopic (exact) mass is 215 g/mol. The minimum absolute atomic E-state index is 0.313. The van der Waals surface area contributed by atoms with E-state index >= 15 is 0 Å². The van der Waals surface area contributed by atoms with E-state index in [1.165, 1.54) is 7.11 Å². The summed E-state index contributed by atoms with van der Waals surface area (Å²) in [4.78, 5) is 11.3. The first-order valence-electron chi connectivity index (χ1n) is 5.00. The van der Waals surface area contributed by atoms with Crippen LogP contribution in [0.15, 0.2) is 29.8 Å². The lowest BCUT2D eigenvalue weighted by atomic mass is 10.1. The fourth-order valence-corrected chi connectivity index (χ4v) is 1.29. The summed E-state index contributed by atoms with van der Waals surface area (Å²) in [7, 11) is 1.37. The summed E-state index contributed by atoms with van der Waals surface area (Å²) in [5, 5.41) is 8.64. The Hall–Kier alpha value is -2.08. The largest absolute Gasteiger partial charge is 0.466 e. The van der Waals surface area contributed by atoms with Gasteiger partial charge in [0.05, 0.1) is 18.7 Å². The molecule has 0 aliphatic carbocycles. The third kappa shape index (κ3) is 2.96. The predicted octanol–water partition coefficient (Wildman–Crippen LogP) is 2.52. The second-order valence-corrected chi connectivity index (χ2v) is 3.25. The molecule has 0 amide bonds. The van der Waals surface area contributed by atoms with Crippen LogP contribution in [0.5, 0.6) is 0 Å². The first-order valence-corrected chi connectivity index (χ1v) is 5.00. The van der Waals surface area contributed by atoms with Crippen LogP contribution in [0.1, 0.15) is 24.5 Å². The first-order chi connectivity index (χ1) is 7.71. The zero-order valence-corrected chi connectivity index (χ0v) is 9.36. The molecule has 0 spiro atoms. The number of ether oxygens (including phenoxy) is 1. The third-order valence-electron chi connectivity index (χ3n) is 2.21. The maximum absolute atomic E-state index is 11.3. The highest BCUT2D eigenvalue weighted by molar-refractivity contribution is 5.93. The van der Waals surface area contributed by atoms with Gasteiger partial charge in [-0.25, -0.2) is 4.79 Å². The lowest BCUT2D eigenvalue weighted by Crippen LogP contribution is -2.03. The molecule has 3 heteroatoms. The molecule has 0 N–H and O–H groups in total. The van der Waals surface area contributed by atoms with E-state index in [1.807, 2.05) is 13.0 Å². The van der Waals surface area contributed by atoms with E-state index in [0.29, 0.717) is 17.6 Å². The second-order valence-electron chi connectivity index (χ2n) is 3.25. The summed E-state index contributed by atoms with van der Waals surface area (Å²) >= 11 is 0. The fourth-order valence-electron chi connectivity index (χ4n) is 1.29. The summed E-state index contributed by atoms with van der Waals surface area (Å²) in [5.41, 5.74) is 2.11. The van der Waals surface area contributed by atoms with Crippen LogP contribution in [0.3, 0.4) is 0 Å². The van der Waals surface area contributed by atoms with Gasteiger partial charge in [0.1, 0.15) is 0 Å². The van der Waals surface area contributed by atoms with Crippen molar-refractivity contribution in [2.45, 2.75) is 13.3 Å². The predicted molar refractivity (Wildman–Crippen MR) is 61.4 cm³/mol. The highest BCUT2D eigenvalue weighted by Gasteiger charge is 2.06. The number of nitrogens with zero attached hydrogens (tertiary/aromatic N) is 1. The van der Waals surface area contributed by atoms with Crippen molar-refractivity contribution in [3.63, 3.8) is 0 Å². The molecule has 0 aliphatic heterocycles. The maximum atomic E-state index is 11.3. The highest BCUT2D eigenvalue weighted by atomic mass is 16.5. The van der Waals surface area contributed by atoms with Crippen LogP contribution in [-0.4, -0.2) is 13.1 Å². The molecule has 0 radical (unpaired) electrons. The lowest BCUT2D eigenvalue weighted by Gasteiger charge is -2.02. The Bertz CT molecular complexity index is 438. The van der Waals surface area contributed by atoms with Gasteiger partial charge < -0.3 is 4.74 Å². The van der Waals surface area contributed by atoms with Crippen LogP contribution in [0, 0.1) is 11.3 Å². The Kier molecular flexibility index (Phi) is 4.28. The summed E-state index contributed by atoms with van der Waals surface area (Å²) in [6.45, 7) is 1.90. The molecule has 1 rings (SSSR count). The molecule has 0 saturated heterocycles. The number of benzene rings is 1. The number of carbonyl (C=O) groups is 1. The van der Waals surface area contributed by atoms with E-state index in [-0.39, 0.29) is 5.97 Å². The maximum Gasteiger partial charge on any atom is 0.333 e. The van der Waals surface area contributed by atoms with E-state index in [1.54, 1.807) is 30.3 Å². The summed E-state index contributed by atoms with van der Waals surface area (Å²) < 4.78 is 4.66. The van der Waals surface area contributed by atoms with Crippen LogP contribution in [0.2, 0.25) is 0 Å². The van der Waals surface area contributed by atoms with E-state index in [2.05, 4.69) is 4.74 Å². The molecule has 82 valence electrons. The number of nitriles is 1. The summed E-state index contributed by atoms with van der Waals surface area (Å²) in [6, 6.07) is 9.09. The van der Waals surface area contributed by atoms with Gasteiger partial charge in [0.2, 0.25) is 0 Å². The molecular formula is C13H13NO2. The second kappa shape index (κ2) is 5.72. The van der Waals surface area contributed by atoms with Crippen molar-refractivity contribution in [2.75, 3.05) is 7.11 Å². The highest BCUT2D eigenvalue weighted by Crippen LogP contribution is 2.12. The van der Waals surface area contributed by atoms with Gasteiger partial charge in [0.25, 0.3) is 0 Å². The average Bonchev–Trinajstić information content (AvgIpc) is 2.35. The van der Waals surface area contributed by atoms with Gasteiger partial charge in [-0.1, -0.05) is 19.1 Å². The van der Waals surface area contributed by atoms with Gasteiger partial charge in [-0.05, 0) is 30.2 Å². The Morgan fingerprint density at radius 3 is 2.50 bits per heavy atom. The molecule has 0 unspecified atom stereocenters. The Labute approximate surface area is 95.0 Å². The standard InChI is InChI=1S/C13H13NO2/c1-3-12(13(15)16-2)8-10-4-6-11(9-14)7-5-10/h4-8H,3H2,1-2H3/b12-8+.